The maximum absolute atomic E-state index is 12.4. The first-order valence-corrected chi connectivity index (χ1v) is 7.38. The van der Waals surface area contributed by atoms with Gasteiger partial charge < -0.3 is 4.74 Å². The fourth-order valence-electron chi connectivity index (χ4n) is 2.07. The standard InChI is InChI=1S/C17H17ClNO3/c1-3-22-17(21)13-7-9-19(10-8-13)12(2)16(20)14-5-4-6-15(18)11-14/h4-12H,3H2,1-2H3/q+1. The second-order valence-corrected chi connectivity index (χ2v) is 5.24. The van der Waals surface area contributed by atoms with E-state index in [1.54, 1.807) is 67.2 Å². The molecule has 0 aliphatic heterocycles. The van der Waals surface area contributed by atoms with E-state index in [2.05, 4.69) is 0 Å². The van der Waals surface area contributed by atoms with Crippen LogP contribution in [0.2, 0.25) is 5.02 Å². The SMILES string of the molecule is CCOC(=O)c1cc[n+](C(C)C(=O)c2cccc(Cl)c2)cc1. The van der Waals surface area contributed by atoms with Gasteiger partial charge in [0.15, 0.2) is 12.4 Å². The minimum absolute atomic E-state index is 0.0450. The lowest BCUT2D eigenvalue weighted by atomic mass is 10.1. The van der Waals surface area contributed by atoms with E-state index in [1.165, 1.54) is 0 Å². The first-order chi connectivity index (χ1) is 10.5. The number of Topliss-reactive ketones (excluding diaryl/α,β-unsaturated/α-hetero) is 1. The van der Waals surface area contributed by atoms with Crippen LogP contribution < -0.4 is 4.57 Å². The van der Waals surface area contributed by atoms with Crippen LogP contribution >= 0.6 is 11.6 Å². The zero-order valence-corrected chi connectivity index (χ0v) is 13.2. The highest BCUT2D eigenvalue weighted by Crippen LogP contribution is 2.14. The molecule has 0 bridgehead atoms. The number of benzene rings is 1. The zero-order valence-electron chi connectivity index (χ0n) is 12.5. The average Bonchev–Trinajstić information content (AvgIpc) is 2.54. The third-order valence-electron chi connectivity index (χ3n) is 3.30. The van der Waals surface area contributed by atoms with Gasteiger partial charge in [-0.15, -0.1) is 0 Å². The summed E-state index contributed by atoms with van der Waals surface area (Å²) in [4.78, 5) is 24.1. The molecule has 0 saturated carbocycles. The van der Waals surface area contributed by atoms with Gasteiger partial charge in [0.2, 0.25) is 11.8 Å². The summed E-state index contributed by atoms with van der Waals surface area (Å²) in [5, 5.41) is 0.528. The molecule has 0 aliphatic rings. The lowest BCUT2D eigenvalue weighted by Crippen LogP contribution is -2.41. The van der Waals surface area contributed by atoms with E-state index in [-0.39, 0.29) is 11.8 Å². The predicted molar refractivity (Wildman–Crippen MR) is 83.1 cm³/mol. The summed E-state index contributed by atoms with van der Waals surface area (Å²) in [5.74, 6) is -0.417. The Balaban J connectivity index is 2.17. The molecule has 1 heterocycles. The second kappa shape index (κ2) is 7.18. The van der Waals surface area contributed by atoms with Gasteiger partial charge in [-0.2, -0.15) is 4.57 Å². The molecule has 5 heteroatoms. The Morgan fingerprint density at radius 2 is 1.86 bits per heavy atom. The molecule has 1 aromatic carbocycles. The number of nitrogens with zero attached hydrogens (tertiary/aromatic N) is 1. The molecular weight excluding hydrogens is 302 g/mol. The van der Waals surface area contributed by atoms with E-state index < -0.39 is 6.04 Å². The molecule has 114 valence electrons. The van der Waals surface area contributed by atoms with E-state index >= 15 is 0 Å². The molecule has 0 aliphatic carbocycles. The third-order valence-corrected chi connectivity index (χ3v) is 3.53. The monoisotopic (exact) mass is 318 g/mol. The number of rotatable bonds is 5. The molecule has 1 aromatic heterocycles. The van der Waals surface area contributed by atoms with Crippen LogP contribution in [0.5, 0.6) is 0 Å². The number of aromatic nitrogens is 1. The molecule has 0 radical (unpaired) electrons. The van der Waals surface area contributed by atoms with Crippen LogP contribution in [0.4, 0.5) is 0 Å². The van der Waals surface area contributed by atoms with Gasteiger partial charge in [-0.25, -0.2) is 4.79 Å². The van der Waals surface area contributed by atoms with Crippen LogP contribution in [-0.2, 0) is 4.74 Å². The van der Waals surface area contributed by atoms with Crippen LogP contribution in [0.25, 0.3) is 0 Å². The number of hydrogen-bond acceptors (Lipinski definition) is 3. The largest absolute Gasteiger partial charge is 0.462 e. The number of esters is 1. The van der Waals surface area contributed by atoms with Crippen LogP contribution in [0, 0.1) is 0 Å². The quantitative estimate of drug-likeness (QED) is 0.483. The van der Waals surface area contributed by atoms with Crippen molar-refractivity contribution in [2.45, 2.75) is 19.9 Å². The summed E-state index contributed by atoms with van der Waals surface area (Å²) >= 11 is 5.91. The second-order valence-electron chi connectivity index (χ2n) is 4.81. The molecule has 1 atom stereocenters. The van der Waals surface area contributed by atoms with Gasteiger partial charge in [-0.05, 0) is 19.1 Å². The predicted octanol–water partition coefficient (Wildman–Crippen LogP) is 3.25. The van der Waals surface area contributed by atoms with Gasteiger partial charge in [-0.1, -0.05) is 23.7 Å². The summed E-state index contributed by atoms with van der Waals surface area (Å²) in [6.45, 7) is 3.89. The number of pyridine rings is 1. The summed E-state index contributed by atoms with van der Waals surface area (Å²) < 4.78 is 6.67. The lowest BCUT2D eigenvalue weighted by Gasteiger charge is -2.07. The summed E-state index contributed by atoms with van der Waals surface area (Å²) in [6, 6.07) is 9.74. The molecule has 0 amide bonds. The fraction of sp³-hybridized carbons (Fsp3) is 0.235. The molecule has 4 nitrogen and oxygen atoms in total. The van der Waals surface area contributed by atoms with Crippen LogP contribution in [0.3, 0.4) is 0 Å². The number of ether oxygens (including phenoxy) is 1. The fourth-order valence-corrected chi connectivity index (χ4v) is 2.26. The van der Waals surface area contributed by atoms with E-state index in [4.69, 9.17) is 16.3 Å². The highest BCUT2D eigenvalue weighted by Gasteiger charge is 2.24. The minimum atomic E-state index is -0.394. The summed E-state index contributed by atoms with van der Waals surface area (Å²) in [5.41, 5.74) is 1.02. The van der Waals surface area contributed by atoms with Crippen molar-refractivity contribution in [2.75, 3.05) is 6.61 Å². The lowest BCUT2D eigenvalue weighted by molar-refractivity contribution is -0.704. The first-order valence-electron chi connectivity index (χ1n) is 7.00. The molecule has 22 heavy (non-hydrogen) atoms. The number of hydrogen-bond donors (Lipinski definition) is 0. The number of ketones is 1. The van der Waals surface area contributed by atoms with Crippen molar-refractivity contribution in [3.63, 3.8) is 0 Å². The first kappa shape index (κ1) is 16.2. The van der Waals surface area contributed by atoms with Crippen molar-refractivity contribution in [1.29, 1.82) is 0 Å². The van der Waals surface area contributed by atoms with Gasteiger partial charge in [0, 0.05) is 29.6 Å². The van der Waals surface area contributed by atoms with Gasteiger partial charge in [0.25, 0.3) is 0 Å². The Morgan fingerprint density at radius 3 is 2.45 bits per heavy atom. The summed E-state index contributed by atoms with van der Waals surface area (Å²) in [7, 11) is 0. The molecule has 0 fully saturated rings. The highest BCUT2D eigenvalue weighted by molar-refractivity contribution is 6.31. The van der Waals surface area contributed by atoms with Crippen molar-refractivity contribution in [2.24, 2.45) is 0 Å². The number of carbonyl (C=O) groups is 2. The molecule has 0 spiro atoms. The number of carbonyl (C=O) groups excluding carboxylic acids is 2. The molecular formula is C17H17ClNO3+. The zero-order chi connectivity index (χ0) is 16.1. The van der Waals surface area contributed by atoms with E-state index in [0.717, 1.165) is 0 Å². The van der Waals surface area contributed by atoms with Gasteiger partial charge in [0.1, 0.15) is 0 Å². The van der Waals surface area contributed by atoms with Crippen LogP contribution in [0.15, 0.2) is 48.8 Å². The van der Waals surface area contributed by atoms with Crippen molar-refractivity contribution in [3.05, 3.63) is 64.9 Å². The van der Waals surface area contributed by atoms with Crippen molar-refractivity contribution >= 4 is 23.4 Å². The smallest absolute Gasteiger partial charge is 0.338 e. The minimum Gasteiger partial charge on any atom is -0.462 e. The highest BCUT2D eigenvalue weighted by atomic mass is 35.5. The normalized spacial score (nSPS) is 11.8. The molecule has 0 saturated heterocycles. The Kier molecular flexibility index (Phi) is 5.28. The van der Waals surface area contributed by atoms with Crippen molar-refractivity contribution < 1.29 is 18.9 Å². The third kappa shape index (κ3) is 3.71. The Labute approximate surface area is 134 Å². The van der Waals surface area contributed by atoms with Gasteiger partial charge in [0.05, 0.1) is 12.2 Å². The van der Waals surface area contributed by atoms with Gasteiger partial charge in [-0.3, -0.25) is 4.79 Å². The van der Waals surface area contributed by atoms with E-state index in [1.807, 2.05) is 0 Å². The molecule has 0 N–H and O–H groups in total. The maximum Gasteiger partial charge on any atom is 0.338 e. The Morgan fingerprint density at radius 1 is 1.18 bits per heavy atom. The van der Waals surface area contributed by atoms with Crippen LogP contribution in [-0.4, -0.2) is 18.4 Å². The topological polar surface area (TPSA) is 47.2 Å². The van der Waals surface area contributed by atoms with Crippen molar-refractivity contribution in [3.8, 4) is 0 Å². The van der Waals surface area contributed by atoms with Gasteiger partial charge >= 0.3 is 5.97 Å². The summed E-state index contributed by atoms with van der Waals surface area (Å²) in [6.07, 6.45) is 3.39. The number of halogens is 1. The average molecular weight is 319 g/mol. The Bertz CT molecular complexity index is 683. The molecule has 2 rings (SSSR count). The van der Waals surface area contributed by atoms with E-state index in [0.29, 0.717) is 22.8 Å². The van der Waals surface area contributed by atoms with E-state index in [9.17, 15) is 9.59 Å². The molecule has 1 unspecified atom stereocenters. The van der Waals surface area contributed by atoms with Crippen molar-refractivity contribution in [1.82, 2.24) is 0 Å². The Hall–Kier alpha value is -2.20. The molecule has 2 aromatic rings. The maximum atomic E-state index is 12.4. The van der Waals surface area contributed by atoms with Crippen LogP contribution in [0.1, 0.15) is 40.6 Å².